The van der Waals surface area contributed by atoms with Crippen molar-refractivity contribution in [3.63, 3.8) is 0 Å². The summed E-state index contributed by atoms with van der Waals surface area (Å²) in [5.74, 6) is 0.0178. The standard InChI is InChI=1S/C22H28O2Si/c1-22(2,3)25(17-10-6-4-7-11-17,18-12-8-5-9-13-18)19-14-15-20(23)21(24)16-19/h4-13,19-20,23H,14-16H2,1-3H3. The van der Waals surface area contributed by atoms with Crippen molar-refractivity contribution in [3.05, 3.63) is 60.7 Å². The first-order valence-corrected chi connectivity index (χ1v) is 11.3. The summed E-state index contributed by atoms with van der Waals surface area (Å²) >= 11 is 0. The molecule has 2 aromatic rings. The molecule has 2 unspecified atom stereocenters. The van der Waals surface area contributed by atoms with Gasteiger partial charge >= 0.3 is 0 Å². The Morgan fingerprint density at radius 2 is 1.36 bits per heavy atom. The lowest BCUT2D eigenvalue weighted by Crippen LogP contribution is -2.68. The number of benzene rings is 2. The van der Waals surface area contributed by atoms with Gasteiger partial charge in [0.1, 0.15) is 14.2 Å². The molecule has 2 aromatic carbocycles. The maximum atomic E-state index is 12.4. The number of hydrogen-bond donors (Lipinski definition) is 1. The third kappa shape index (κ3) is 3.11. The summed E-state index contributed by atoms with van der Waals surface area (Å²) in [7, 11) is -2.25. The molecule has 0 amide bonds. The number of carbonyl (C=O) groups is 1. The Hall–Kier alpha value is -1.71. The van der Waals surface area contributed by atoms with Crippen LogP contribution in [0.3, 0.4) is 0 Å². The van der Waals surface area contributed by atoms with Crippen LogP contribution in [0.15, 0.2) is 60.7 Å². The summed E-state index contributed by atoms with van der Waals surface area (Å²) in [6.45, 7) is 6.98. The molecule has 0 radical (unpaired) electrons. The number of rotatable bonds is 3. The molecule has 1 N–H and O–H groups in total. The van der Waals surface area contributed by atoms with Crippen LogP contribution in [0.25, 0.3) is 0 Å². The third-order valence-electron chi connectivity index (χ3n) is 5.86. The van der Waals surface area contributed by atoms with Crippen LogP contribution in [-0.2, 0) is 4.79 Å². The first-order valence-electron chi connectivity index (χ1n) is 9.19. The van der Waals surface area contributed by atoms with Gasteiger partial charge in [-0.05, 0) is 23.4 Å². The molecule has 1 fully saturated rings. The van der Waals surface area contributed by atoms with Crippen molar-refractivity contribution >= 4 is 24.2 Å². The highest BCUT2D eigenvalue weighted by Gasteiger charge is 2.54. The van der Waals surface area contributed by atoms with Crippen molar-refractivity contribution in [2.24, 2.45) is 0 Å². The number of aliphatic hydroxyl groups is 1. The molecule has 3 heteroatoms. The van der Waals surface area contributed by atoms with Crippen LogP contribution >= 0.6 is 0 Å². The fraction of sp³-hybridized carbons (Fsp3) is 0.409. The summed E-state index contributed by atoms with van der Waals surface area (Å²) in [6.07, 6.45) is 1.23. The summed E-state index contributed by atoms with van der Waals surface area (Å²) in [5, 5.41) is 12.8. The monoisotopic (exact) mass is 352 g/mol. The van der Waals surface area contributed by atoms with E-state index in [2.05, 4.69) is 81.4 Å². The van der Waals surface area contributed by atoms with E-state index in [-0.39, 0.29) is 10.8 Å². The second-order valence-corrected chi connectivity index (χ2v) is 13.3. The Balaban J connectivity index is 2.25. The molecule has 1 saturated carbocycles. The maximum Gasteiger partial charge on any atom is 0.161 e. The molecular formula is C22H28O2Si. The summed E-state index contributed by atoms with van der Waals surface area (Å²) in [5.41, 5.74) is 0.313. The average Bonchev–Trinajstić information content (AvgIpc) is 2.59. The zero-order valence-corrected chi connectivity index (χ0v) is 16.4. The Kier molecular flexibility index (Phi) is 4.98. The van der Waals surface area contributed by atoms with Crippen LogP contribution in [0.2, 0.25) is 10.6 Å². The fourth-order valence-electron chi connectivity index (χ4n) is 4.89. The van der Waals surface area contributed by atoms with E-state index < -0.39 is 14.2 Å². The molecule has 3 rings (SSSR count). The van der Waals surface area contributed by atoms with Gasteiger partial charge in [0.2, 0.25) is 0 Å². The molecule has 0 spiro atoms. The third-order valence-corrected chi connectivity index (χ3v) is 12.4. The van der Waals surface area contributed by atoms with Gasteiger partial charge in [0.25, 0.3) is 0 Å². The first-order chi connectivity index (χ1) is 11.9. The van der Waals surface area contributed by atoms with Crippen molar-refractivity contribution < 1.29 is 9.90 Å². The van der Waals surface area contributed by atoms with Crippen molar-refractivity contribution in [1.82, 2.24) is 0 Å². The maximum absolute atomic E-state index is 12.4. The van der Waals surface area contributed by atoms with Crippen molar-refractivity contribution in [3.8, 4) is 0 Å². The summed E-state index contributed by atoms with van der Waals surface area (Å²) in [4.78, 5) is 12.4. The van der Waals surface area contributed by atoms with Gasteiger partial charge in [-0.1, -0.05) is 91.8 Å². The summed E-state index contributed by atoms with van der Waals surface area (Å²) in [6, 6.07) is 21.6. The molecule has 2 atom stereocenters. The first kappa shape index (κ1) is 18.1. The lowest BCUT2D eigenvalue weighted by molar-refractivity contribution is -0.129. The highest BCUT2D eigenvalue weighted by molar-refractivity contribution is 7.05. The van der Waals surface area contributed by atoms with E-state index in [1.54, 1.807) is 0 Å². The SMILES string of the molecule is CC(C)(C)[Si](c1ccccc1)(c1ccccc1)C1CCC(O)C(=O)C1. The van der Waals surface area contributed by atoms with Crippen LogP contribution in [0, 0.1) is 0 Å². The van der Waals surface area contributed by atoms with E-state index in [9.17, 15) is 9.90 Å². The molecule has 132 valence electrons. The molecule has 0 saturated heterocycles. The Morgan fingerprint density at radius 1 is 0.880 bits per heavy atom. The molecule has 0 heterocycles. The minimum atomic E-state index is -2.25. The molecular weight excluding hydrogens is 324 g/mol. The smallest absolute Gasteiger partial charge is 0.161 e. The van der Waals surface area contributed by atoms with Gasteiger partial charge in [0, 0.05) is 6.42 Å². The van der Waals surface area contributed by atoms with Crippen molar-refractivity contribution in [1.29, 1.82) is 0 Å². The minimum absolute atomic E-state index is 0.0178. The number of aliphatic hydroxyl groups excluding tert-OH is 1. The number of ketones is 1. The predicted octanol–water partition coefficient (Wildman–Crippen LogP) is 3.53. The number of carbonyl (C=O) groups excluding carboxylic acids is 1. The van der Waals surface area contributed by atoms with Crippen LogP contribution in [-0.4, -0.2) is 25.1 Å². The van der Waals surface area contributed by atoms with Gasteiger partial charge in [0.05, 0.1) is 0 Å². The zero-order valence-electron chi connectivity index (χ0n) is 15.4. The van der Waals surface area contributed by atoms with E-state index in [4.69, 9.17) is 0 Å². The average molecular weight is 353 g/mol. The van der Waals surface area contributed by atoms with Crippen molar-refractivity contribution in [2.45, 2.75) is 56.7 Å². The van der Waals surface area contributed by atoms with E-state index in [1.807, 2.05) is 0 Å². The van der Waals surface area contributed by atoms with Gasteiger partial charge in [-0.25, -0.2) is 0 Å². The van der Waals surface area contributed by atoms with Gasteiger partial charge in [-0.15, -0.1) is 0 Å². The van der Waals surface area contributed by atoms with E-state index in [0.717, 1.165) is 6.42 Å². The molecule has 1 aliphatic rings. The minimum Gasteiger partial charge on any atom is -0.385 e. The van der Waals surface area contributed by atoms with Crippen molar-refractivity contribution in [2.75, 3.05) is 0 Å². The quantitative estimate of drug-likeness (QED) is 0.858. The Labute approximate surface area is 151 Å². The van der Waals surface area contributed by atoms with Crippen LogP contribution in [0.1, 0.15) is 40.0 Å². The van der Waals surface area contributed by atoms with E-state index in [0.29, 0.717) is 18.4 Å². The van der Waals surface area contributed by atoms with Gasteiger partial charge < -0.3 is 5.11 Å². The zero-order chi connectivity index (χ0) is 18.1. The highest BCUT2D eigenvalue weighted by Crippen LogP contribution is 2.48. The molecule has 0 bridgehead atoms. The molecule has 25 heavy (non-hydrogen) atoms. The Morgan fingerprint density at radius 3 is 1.76 bits per heavy atom. The van der Waals surface area contributed by atoms with Crippen LogP contribution in [0.5, 0.6) is 0 Å². The van der Waals surface area contributed by atoms with Gasteiger partial charge in [-0.3, -0.25) is 4.79 Å². The predicted molar refractivity (Wildman–Crippen MR) is 106 cm³/mol. The van der Waals surface area contributed by atoms with Gasteiger partial charge in [-0.2, -0.15) is 0 Å². The van der Waals surface area contributed by atoms with E-state index in [1.165, 1.54) is 10.4 Å². The topological polar surface area (TPSA) is 37.3 Å². The molecule has 0 aliphatic heterocycles. The fourth-order valence-corrected chi connectivity index (χ4v) is 11.7. The van der Waals surface area contributed by atoms with Gasteiger partial charge in [0.15, 0.2) is 5.78 Å². The lowest BCUT2D eigenvalue weighted by atomic mass is 9.96. The summed E-state index contributed by atoms with van der Waals surface area (Å²) < 4.78 is 0. The normalized spacial score (nSPS) is 22.0. The lowest BCUT2D eigenvalue weighted by Gasteiger charge is -2.50. The van der Waals surface area contributed by atoms with Crippen LogP contribution < -0.4 is 10.4 Å². The second-order valence-electron chi connectivity index (χ2n) is 8.25. The number of Topliss-reactive ketones (excluding diaryl/α,β-unsaturated/α-hetero) is 1. The largest absolute Gasteiger partial charge is 0.385 e. The van der Waals surface area contributed by atoms with Crippen LogP contribution in [0.4, 0.5) is 0 Å². The highest BCUT2D eigenvalue weighted by atomic mass is 28.3. The second kappa shape index (κ2) is 6.89. The number of hydrogen-bond acceptors (Lipinski definition) is 2. The Bertz CT molecular complexity index is 679. The molecule has 1 aliphatic carbocycles. The molecule has 0 aromatic heterocycles. The molecule has 2 nitrogen and oxygen atoms in total. The van der Waals surface area contributed by atoms with E-state index >= 15 is 0 Å².